The SMILES string of the molecule is CC[C@H](O)CN1CCN(C(=O)[C@H]2C[C@@H]2c2ccc(OC)cc2)CC1. The first kappa shape index (κ1) is 17.2. The molecule has 2 aliphatic rings. The molecule has 0 unspecified atom stereocenters. The Morgan fingerprint density at radius 1 is 1.25 bits per heavy atom. The molecule has 1 heterocycles. The zero-order valence-corrected chi connectivity index (χ0v) is 14.6. The fourth-order valence-corrected chi connectivity index (χ4v) is 3.50. The third-order valence-electron chi connectivity index (χ3n) is 5.28. The molecule has 1 aromatic carbocycles. The number of amides is 1. The van der Waals surface area contributed by atoms with E-state index in [-0.39, 0.29) is 12.0 Å². The van der Waals surface area contributed by atoms with Gasteiger partial charge in [-0.05, 0) is 36.5 Å². The van der Waals surface area contributed by atoms with Gasteiger partial charge in [-0.25, -0.2) is 0 Å². The smallest absolute Gasteiger partial charge is 0.226 e. The molecule has 1 aromatic rings. The summed E-state index contributed by atoms with van der Waals surface area (Å²) in [5, 5.41) is 9.75. The van der Waals surface area contributed by atoms with Crippen LogP contribution in [0.25, 0.3) is 0 Å². The quantitative estimate of drug-likeness (QED) is 0.862. The fraction of sp³-hybridized carbons (Fsp3) is 0.632. The summed E-state index contributed by atoms with van der Waals surface area (Å²) in [6.07, 6.45) is 1.49. The monoisotopic (exact) mass is 332 g/mol. The Balaban J connectivity index is 1.48. The van der Waals surface area contributed by atoms with Crippen molar-refractivity contribution in [1.29, 1.82) is 0 Å². The lowest BCUT2D eigenvalue weighted by atomic mass is 10.1. The Morgan fingerprint density at radius 3 is 2.50 bits per heavy atom. The molecule has 1 aliphatic carbocycles. The zero-order valence-electron chi connectivity index (χ0n) is 14.6. The first-order valence-corrected chi connectivity index (χ1v) is 8.95. The molecule has 1 saturated carbocycles. The molecule has 1 amide bonds. The highest BCUT2D eigenvalue weighted by atomic mass is 16.5. The van der Waals surface area contributed by atoms with E-state index >= 15 is 0 Å². The van der Waals surface area contributed by atoms with E-state index < -0.39 is 0 Å². The molecule has 0 radical (unpaired) electrons. The molecule has 1 saturated heterocycles. The van der Waals surface area contributed by atoms with Gasteiger partial charge in [0.15, 0.2) is 0 Å². The summed E-state index contributed by atoms with van der Waals surface area (Å²) in [4.78, 5) is 16.9. The molecule has 1 aliphatic heterocycles. The molecular weight excluding hydrogens is 304 g/mol. The number of benzene rings is 1. The molecule has 5 nitrogen and oxygen atoms in total. The van der Waals surface area contributed by atoms with Crippen LogP contribution in [-0.4, -0.2) is 66.8 Å². The number of piperazine rings is 1. The number of hydrogen-bond donors (Lipinski definition) is 1. The van der Waals surface area contributed by atoms with Crippen molar-refractivity contribution in [3.8, 4) is 5.75 Å². The van der Waals surface area contributed by atoms with E-state index in [4.69, 9.17) is 4.74 Å². The minimum atomic E-state index is -0.255. The van der Waals surface area contributed by atoms with E-state index in [1.165, 1.54) is 5.56 Å². The number of nitrogens with zero attached hydrogens (tertiary/aromatic N) is 2. The number of aliphatic hydroxyl groups excluding tert-OH is 1. The van der Waals surface area contributed by atoms with Gasteiger partial charge in [-0.15, -0.1) is 0 Å². The van der Waals surface area contributed by atoms with Crippen LogP contribution < -0.4 is 4.74 Å². The first-order chi connectivity index (χ1) is 11.6. The summed E-state index contributed by atoms with van der Waals surface area (Å²) in [5.74, 6) is 1.66. The summed E-state index contributed by atoms with van der Waals surface area (Å²) in [6, 6.07) is 8.07. The summed E-state index contributed by atoms with van der Waals surface area (Å²) >= 11 is 0. The van der Waals surface area contributed by atoms with E-state index in [0.717, 1.165) is 51.3 Å². The van der Waals surface area contributed by atoms with Crippen LogP contribution in [0.2, 0.25) is 0 Å². The Kier molecular flexibility index (Phi) is 5.41. The third-order valence-corrected chi connectivity index (χ3v) is 5.28. The van der Waals surface area contributed by atoms with Crippen molar-refractivity contribution < 1.29 is 14.6 Å². The Morgan fingerprint density at radius 2 is 1.92 bits per heavy atom. The second-order valence-corrected chi connectivity index (χ2v) is 6.91. The molecule has 1 N–H and O–H groups in total. The summed E-state index contributed by atoms with van der Waals surface area (Å²) in [5.41, 5.74) is 1.24. The van der Waals surface area contributed by atoms with Crippen LogP contribution in [0.4, 0.5) is 0 Å². The maximum Gasteiger partial charge on any atom is 0.226 e. The molecule has 0 spiro atoms. The highest BCUT2D eigenvalue weighted by molar-refractivity contribution is 5.83. The summed E-state index contributed by atoms with van der Waals surface area (Å²) < 4.78 is 5.19. The fourth-order valence-electron chi connectivity index (χ4n) is 3.50. The van der Waals surface area contributed by atoms with Crippen LogP contribution in [0, 0.1) is 5.92 Å². The number of carbonyl (C=O) groups is 1. The van der Waals surface area contributed by atoms with Crippen molar-refractivity contribution in [3.63, 3.8) is 0 Å². The predicted octanol–water partition coefficient (Wildman–Crippen LogP) is 1.71. The number of aliphatic hydroxyl groups is 1. The van der Waals surface area contributed by atoms with E-state index in [0.29, 0.717) is 11.8 Å². The van der Waals surface area contributed by atoms with Crippen molar-refractivity contribution in [1.82, 2.24) is 9.80 Å². The first-order valence-electron chi connectivity index (χ1n) is 8.95. The maximum atomic E-state index is 12.7. The highest BCUT2D eigenvalue weighted by Crippen LogP contribution is 2.48. The predicted molar refractivity (Wildman–Crippen MR) is 93.2 cm³/mol. The zero-order chi connectivity index (χ0) is 17.1. The minimum Gasteiger partial charge on any atom is -0.497 e. The van der Waals surface area contributed by atoms with Crippen LogP contribution in [0.15, 0.2) is 24.3 Å². The molecule has 0 aromatic heterocycles. The van der Waals surface area contributed by atoms with Gasteiger partial charge in [-0.1, -0.05) is 19.1 Å². The lowest BCUT2D eigenvalue weighted by Gasteiger charge is -2.35. The molecule has 3 atom stereocenters. The number of carbonyl (C=O) groups excluding carboxylic acids is 1. The van der Waals surface area contributed by atoms with E-state index in [2.05, 4.69) is 17.0 Å². The van der Waals surface area contributed by atoms with Gasteiger partial charge in [0.2, 0.25) is 5.91 Å². The molecule has 3 rings (SSSR count). The number of methoxy groups -OCH3 is 1. The lowest BCUT2D eigenvalue weighted by molar-refractivity contribution is -0.134. The second kappa shape index (κ2) is 7.53. The van der Waals surface area contributed by atoms with E-state index in [1.807, 2.05) is 24.0 Å². The Labute approximate surface area is 144 Å². The average Bonchev–Trinajstić information content (AvgIpc) is 3.42. The van der Waals surface area contributed by atoms with Crippen molar-refractivity contribution in [2.45, 2.75) is 31.8 Å². The van der Waals surface area contributed by atoms with Crippen LogP contribution in [-0.2, 0) is 4.79 Å². The van der Waals surface area contributed by atoms with Gasteiger partial charge in [-0.2, -0.15) is 0 Å². The van der Waals surface area contributed by atoms with Crippen LogP contribution in [0.3, 0.4) is 0 Å². The number of rotatable bonds is 6. The second-order valence-electron chi connectivity index (χ2n) is 6.91. The molecule has 5 heteroatoms. The topological polar surface area (TPSA) is 53.0 Å². The van der Waals surface area contributed by atoms with Gasteiger partial charge in [0.25, 0.3) is 0 Å². The van der Waals surface area contributed by atoms with Gasteiger partial charge < -0.3 is 14.7 Å². The molecule has 2 fully saturated rings. The number of β-amino-alcohol motifs (C(OH)–C–C–N with tert-alkyl or cyclic N) is 1. The van der Waals surface area contributed by atoms with Crippen molar-refractivity contribution >= 4 is 5.91 Å². The number of hydrogen-bond acceptors (Lipinski definition) is 4. The lowest BCUT2D eigenvalue weighted by Crippen LogP contribution is -2.50. The van der Waals surface area contributed by atoms with Crippen LogP contribution in [0.5, 0.6) is 5.75 Å². The van der Waals surface area contributed by atoms with Crippen LogP contribution >= 0.6 is 0 Å². The van der Waals surface area contributed by atoms with Gasteiger partial charge in [0, 0.05) is 38.6 Å². The molecule has 0 bridgehead atoms. The van der Waals surface area contributed by atoms with Gasteiger partial charge in [0.1, 0.15) is 5.75 Å². The van der Waals surface area contributed by atoms with Gasteiger partial charge in [-0.3, -0.25) is 9.69 Å². The van der Waals surface area contributed by atoms with Crippen LogP contribution in [0.1, 0.15) is 31.2 Å². The molecule has 132 valence electrons. The maximum absolute atomic E-state index is 12.7. The highest BCUT2D eigenvalue weighted by Gasteiger charge is 2.46. The standard InChI is InChI=1S/C19H28N2O3/c1-3-15(22)13-20-8-10-21(11-9-20)19(23)18-12-17(18)14-4-6-16(24-2)7-5-14/h4-7,15,17-18,22H,3,8-13H2,1-2H3/t15-,17+,18-/m0/s1. The van der Waals surface area contributed by atoms with Gasteiger partial charge in [0.05, 0.1) is 13.2 Å². The summed E-state index contributed by atoms with van der Waals surface area (Å²) in [7, 11) is 1.66. The van der Waals surface area contributed by atoms with Crippen molar-refractivity contribution in [3.05, 3.63) is 29.8 Å². The molecular formula is C19H28N2O3. The van der Waals surface area contributed by atoms with Gasteiger partial charge >= 0.3 is 0 Å². The Hall–Kier alpha value is -1.59. The average molecular weight is 332 g/mol. The minimum absolute atomic E-state index is 0.145. The Bertz CT molecular complexity index is 552. The van der Waals surface area contributed by atoms with E-state index in [1.54, 1.807) is 7.11 Å². The van der Waals surface area contributed by atoms with Crippen molar-refractivity contribution in [2.75, 3.05) is 39.8 Å². The molecule has 24 heavy (non-hydrogen) atoms. The summed E-state index contributed by atoms with van der Waals surface area (Å²) in [6.45, 7) is 6.00. The third kappa shape index (κ3) is 3.90. The largest absolute Gasteiger partial charge is 0.497 e. The van der Waals surface area contributed by atoms with Crippen molar-refractivity contribution in [2.24, 2.45) is 5.92 Å². The normalized spacial score (nSPS) is 25.4. The van der Waals surface area contributed by atoms with E-state index in [9.17, 15) is 9.90 Å². The number of ether oxygens (including phenoxy) is 1.